The third-order valence-corrected chi connectivity index (χ3v) is 5.28. The van der Waals surface area contributed by atoms with E-state index in [1.54, 1.807) is 39.8 Å². The highest BCUT2D eigenvalue weighted by Crippen LogP contribution is 2.22. The zero-order valence-electron chi connectivity index (χ0n) is 17.9. The van der Waals surface area contributed by atoms with Crippen molar-refractivity contribution in [2.75, 3.05) is 7.05 Å². The number of nitrogens with zero attached hydrogens (tertiary/aromatic N) is 5. The minimum atomic E-state index is -0.144. The molecule has 0 aliphatic carbocycles. The maximum absolute atomic E-state index is 12.7. The van der Waals surface area contributed by atoms with Crippen molar-refractivity contribution < 1.29 is 9.53 Å². The van der Waals surface area contributed by atoms with Gasteiger partial charge in [0.15, 0.2) is 12.4 Å². The van der Waals surface area contributed by atoms with E-state index < -0.39 is 0 Å². The third-order valence-electron chi connectivity index (χ3n) is 5.28. The van der Waals surface area contributed by atoms with E-state index in [0.717, 1.165) is 28.1 Å². The minimum Gasteiger partial charge on any atom is -0.471 e. The Morgan fingerprint density at radius 3 is 2.42 bits per heavy atom. The molecular formula is C24H25N5O2. The first-order valence-corrected chi connectivity index (χ1v) is 10.1. The largest absolute Gasteiger partial charge is 0.471 e. The highest BCUT2D eigenvalue weighted by atomic mass is 16.5. The molecule has 0 radical (unpaired) electrons. The van der Waals surface area contributed by atoms with Gasteiger partial charge in [0.25, 0.3) is 5.91 Å². The molecule has 7 heteroatoms. The van der Waals surface area contributed by atoms with Crippen LogP contribution in [-0.2, 0) is 20.3 Å². The summed E-state index contributed by atoms with van der Waals surface area (Å²) in [4.78, 5) is 14.3. The summed E-state index contributed by atoms with van der Waals surface area (Å²) in [6.07, 6.45) is 3.53. The van der Waals surface area contributed by atoms with Gasteiger partial charge in [-0.05, 0) is 36.2 Å². The van der Waals surface area contributed by atoms with Crippen molar-refractivity contribution in [3.63, 3.8) is 0 Å². The lowest BCUT2D eigenvalue weighted by Crippen LogP contribution is -2.27. The number of carbonyl (C=O) groups excluding carboxylic acids is 1. The van der Waals surface area contributed by atoms with Crippen LogP contribution in [-0.4, -0.2) is 37.4 Å². The van der Waals surface area contributed by atoms with Crippen molar-refractivity contribution in [1.82, 2.24) is 24.5 Å². The van der Waals surface area contributed by atoms with Gasteiger partial charge in [-0.2, -0.15) is 10.2 Å². The van der Waals surface area contributed by atoms with Crippen LogP contribution in [0.25, 0.3) is 11.1 Å². The molecule has 0 atom stereocenters. The van der Waals surface area contributed by atoms with E-state index >= 15 is 0 Å². The first-order valence-electron chi connectivity index (χ1n) is 10.1. The van der Waals surface area contributed by atoms with Crippen LogP contribution in [0.3, 0.4) is 0 Å². The molecule has 4 aromatic rings. The van der Waals surface area contributed by atoms with Gasteiger partial charge < -0.3 is 9.64 Å². The number of carbonyl (C=O) groups is 1. The van der Waals surface area contributed by atoms with Crippen LogP contribution in [0, 0.1) is 6.92 Å². The number of amides is 1. The maximum Gasteiger partial charge on any atom is 0.274 e. The van der Waals surface area contributed by atoms with Crippen LogP contribution < -0.4 is 4.74 Å². The summed E-state index contributed by atoms with van der Waals surface area (Å²) in [6.45, 7) is 2.69. The number of aryl methyl sites for hydroxylation is 1. The molecule has 0 saturated heterocycles. The second-order valence-electron chi connectivity index (χ2n) is 7.44. The summed E-state index contributed by atoms with van der Waals surface area (Å²) in [6, 6.07) is 19.8. The summed E-state index contributed by atoms with van der Waals surface area (Å²) in [5.74, 6) is 0.599. The molecule has 2 aromatic carbocycles. The lowest BCUT2D eigenvalue weighted by atomic mass is 10.1. The smallest absolute Gasteiger partial charge is 0.274 e. The standard InChI is InChI=1S/C24H25N5O2/c1-18-21(15-25-28(18)3)16-27(2)24(30)23-13-14-29(26-23)17-31-22-11-9-20(10-12-22)19-7-5-4-6-8-19/h4-15H,16-17H2,1-3H3. The fourth-order valence-corrected chi connectivity index (χ4v) is 3.28. The molecule has 0 unspecified atom stereocenters. The fourth-order valence-electron chi connectivity index (χ4n) is 3.28. The van der Waals surface area contributed by atoms with E-state index in [1.807, 2.05) is 56.4 Å². The van der Waals surface area contributed by atoms with E-state index in [-0.39, 0.29) is 12.6 Å². The summed E-state index contributed by atoms with van der Waals surface area (Å²) in [7, 11) is 3.65. The Hall–Kier alpha value is -3.87. The first kappa shape index (κ1) is 20.4. The zero-order chi connectivity index (χ0) is 21.8. The second kappa shape index (κ2) is 8.87. The molecule has 0 fully saturated rings. The van der Waals surface area contributed by atoms with Crippen molar-refractivity contribution >= 4 is 5.91 Å². The van der Waals surface area contributed by atoms with E-state index in [9.17, 15) is 4.79 Å². The summed E-state index contributed by atoms with van der Waals surface area (Å²) in [5.41, 5.74) is 4.73. The monoisotopic (exact) mass is 415 g/mol. The Morgan fingerprint density at radius 2 is 1.74 bits per heavy atom. The van der Waals surface area contributed by atoms with Gasteiger partial charge in [0.05, 0.1) is 6.20 Å². The molecule has 0 aliphatic rings. The van der Waals surface area contributed by atoms with Crippen LogP contribution in [0.2, 0.25) is 0 Å². The van der Waals surface area contributed by atoms with Crippen molar-refractivity contribution in [1.29, 1.82) is 0 Å². The molecule has 1 amide bonds. The Labute approximate surface area is 181 Å². The molecule has 31 heavy (non-hydrogen) atoms. The minimum absolute atomic E-state index is 0.144. The van der Waals surface area contributed by atoms with Crippen molar-refractivity contribution in [3.8, 4) is 16.9 Å². The van der Waals surface area contributed by atoms with E-state index in [0.29, 0.717) is 12.2 Å². The zero-order valence-corrected chi connectivity index (χ0v) is 17.9. The third kappa shape index (κ3) is 4.66. The maximum atomic E-state index is 12.7. The van der Waals surface area contributed by atoms with Gasteiger partial charge in [-0.1, -0.05) is 42.5 Å². The number of rotatable bonds is 7. The molecule has 0 spiro atoms. The second-order valence-corrected chi connectivity index (χ2v) is 7.44. The van der Waals surface area contributed by atoms with Crippen LogP contribution in [0.5, 0.6) is 5.75 Å². The normalized spacial score (nSPS) is 10.8. The molecule has 0 bridgehead atoms. The van der Waals surface area contributed by atoms with Gasteiger partial charge in [-0.15, -0.1) is 0 Å². The SMILES string of the molecule is Cc1c(CN(C)C(=O)c2ccn(COc3ccc(-c4ccccc4)cc3)n2)cnn1C. The average Bonchev–Trinajstić information content (AvgIpc) is 3.40. The highest BCUT2D eigenvalue weighted by molar-refractivity contribution is 5.92. The van der Waals surface area contributed by atoms with E-state index in [2.05, 4.69) is 22.3 Å². The number of hydrogen-bond donors (Lipinski definition) is 0. The van der Waals surface area contributed by atoms with E-state index in [1.165, 1.54) is 0 Å². The lowest BCUT2D eigenvalue weighted by molar-refractivity contribution is 0.0777. The molecule has 7 nitrogen and oxygen atoms in total. The molecule has 0 N–H and O–H groups in total. The molecular weight excluding hydrogens is 390 g/mol. The van der Waals surface area contributed by atoms with Gasteiger partial charge in [0, 0.05) is 38.1 Å². The Balaban J connectivity index is 1.34. The van der Waals surface area contributed by atoms with Crippen LogP contribution in [0.4, 0.5) is 0 Å². The molecule has 4 rings (SSSR count). The fraction of sp³-hybridized carbons (Fsp3) is 0.208. The molecule has 158 valence electrons. The topological polar surface area (TPSA) is 65.2 Å². The van der Waals surface area contributed by atoms with Gasteiger partial charge in [-0.25, -0.2) is 4.68 Å². The Bertz CT molecular complexity index is 1160. The number of ether oxygens (including phenoxy) is 1. The van der Waals surface area contributed by atoms with Crippen molar-refractivity contribution in [2.45, 2.75) is 20.2 Å². The average molecular weight is 415 g/mol. The molecule has 0 saturated carbocycles. The quantitative estimate of drug-likeness (QED) is 0.459. The predicted octanol–water partition coefficient (Wildman–Crippen LogP) is 3.90. The number of benzene rings is 2. The Kier molecular flexibility index (Phi) is 5.84. The molecule has 0 aliphatic heterocycles. The Morgan fingerprint density at radius 1 is 1.03 bits per heavy atom. The highest BCUT2D eigenvalue weighted by Gasteiger charge is 2.17. The molecule has 2 aromatic heterocycles. The summed E-state index contributed by atoms with van der Waals surface area (Å²) >= 11 is 0. The number of hydrogen-bond acceptors (Lipinski definition) is 4. The van der Waals surface area contributed by atoms with Gasteiger partial charge in [0.1, 0.15) is 5.75 Å². The van der Waals surface area contributed by atoms with Gasteiger partial charge in [-0.3, -0.25) is 9.48 Å². The van der Waals surface area contributed by atoms with E-state index in [4.69, 9.17) is 4.74 Å². The molecule has 2 heterocycles. The van der Waals surface area contributed by atoms with Crippen LogP contribution >= 0.6 is 0 Å². The van der Waals surface area contributed by atoms with Crippen LogP contribution in [0.1, 0.15) is 21.7 Å². The number of aromatic nitrogens is 4. The lowest BCUT2D eigenvalue weighted by Gasteiger charge is -2.15. The van der Waals surface area contributed by atoms with Gasteiger partial charge in [0.2, 0.25) is 0 Å². The summed E-state index contributed by atoms with van der Waals surface area (Å²) in [5, 5.41) is 8.58. The van der Waals surface area contributed by atoms with Crippen molar-refractivity contribution in [2.24, 2.45) is 7.05 Å². The van der Waals surface area contributed by atoms with Crippen molar-refractivity contribution in [3.05, 3.63) is 90.0 Å². The first-order chi connectivity index (χ1) is 15.0. The summed E-state index contributed by atoms with van der Waals surface area (Å²) < 4.78 is 9.23. The predicted molar refractivity (Wildman–Crippen MR) is 118 cm³/mol. The van der Waals surface area contributed by atoms with Gasteiger partial charge >= 0.3 is 0 Å². The van der Waals surface area contributed by atoms with Crippen LogP contribution in [0.15, 0.2) is 73.1 Å².